The van der Waals surface area contributed by atoms with Crippen LogP contribution < -0.4 is 10.6 Å². The van der Waals surface area contributed by atoms with Crippen LogP contribution in [0.4, 0.5) is 25.0 Å². The lowest BCUT2D eigenvalue weighted by Gasteiger charge is -2.08. The first-order valence-electron chi connectivity index (χ1n) is 6.25. The normalized spacial score (nSPS) is 11.3. The Bertz CT molecular complexity index is 794. The molecule has 5 nitrogen and oxygen atoms in total. The lowest BCUT2D eigenvalue weighted by atomic mass is 10.3. The van der Waals surface area contributed by atoms with Crippen LogP contribution in [0.1, 0.15) is 0 Å². The van der Waals surface area contributed by atoms with Crippen molar-refractivity contribution in [2.45, 2.75) is 10.7 Å². The highest BCUT2D eigenvalue weighted by atomic mass is 35.5. The highest BCUT2D eigenvalue weighted by Gasteiger charge is 2.26. The molecule has 2 rings (SSSR count). The predicted molar refractivity (Wildman–Crippen MR) is 83.7 cm³/mol. The standard InChI is InChI=1S/C14H11ClF2N2O3S/c15-9-1-3-10(4-2-9)18-14(20)19-11-5-7-12(8-6-11)23(21,22)13(16)17/h1-8,13H,(H2,18,19,20). The molecule has 0 aliphatic carbocycles. The Balaban J connectivity index is 2.03. The number of urea groups is 1. The van der Waals surface area contributed by atoms with E-state index in [1.165, 1.54) is 12.1 Å². The van der Waals surface area contributed by atoms with Gasteiger partial charge in [-0.05, 0) is 48.5 Å². The van der Waals surface area contributed by atoms with E-state index in [1.807, 2.05) is 0 Å². The SMILES string of the molecule is O=C(Nc1ccc(Cl)cc1)Nc1ccc(S(=O)(=O)C(F)F)cc1. The van der Waals surface area contributed by atoms with E-state index in [0.717, 1.165) is 12.1 Å². The quantitative estimate of drug-likeness (QED) is 0.865. The van der Waals surface area contributed by atoms with Gasteiger partial charge < -0.3 is 10.6 Å². The zero-order valence-electron chi connectivity index (χ0n) is 11.5. The topological polar surface area (TPSA) is 75.3 Å². The van der Waals surface area contributed by atoms with Gasteiger partial charge in [-0.1, -0.05) is 11.6 Å². The van der Waals surface area contributed by atoms with Crippen LogP contribution in [0.2, 0.25) is 5.02 Å². The summed E-state index contributed by atoms with van der Waals surface area (Å²) in [6.07, 6.45) is 0. The molecule has 0 heterocycles. The van der Waals surface area contributed by atoms with Gasteiger partial charge in [-0.2, -0.15) is 8.78 Å². The number of amides is 2. The van der Waals surface area contributed by atoms with Gasteiger partial charge in [0.1, 0.15) is 0 Å². The molecule has 122 valence electrons. The van der Waals surface area contributed by atoms with Crippen LogP contribution >= 0.6 is 11.6 Å². The largest absolute Gasteiger partial charge is 0.341 e. The Morgan fingerprint density at radius 1 is 0.913 bits per heavy atom. The number of sulfone groups is 1. The van der Waals surface area contributed by atoms with E-state index in [2.05, 4.69) is 10.6 Å². The molecule has 0 bridgehead atoms. The summed E-state index contributed by atoms with van der Waals surface area (Å²) in [7, 11) is -4.65. The second kappa shape index (κ2) is 6.93. The molecule has 2 aromatic rings. The number of hydrogen-bond acceptors (Lipinski definition) is 3. The van der Waals surface area contributed by atoms with Crippen molar-refractivity contribution in [1.29, 1.82) is 0 Å². The van der Waals surface area contributed by atoms with Gasteiger partial charge >= 0.3 is 11.8 Å². The van der Waals surface area contributed by atoms with Crippen LogP contribution in [0.15, 0.2) is 53.4 Å². The third-order valence-electron chi connectivity index (χ3n) is 2.78. The molecule has 9 heteroatoms. The number of anilines is 2. The van der Waals surface area contributed by atoms with E-state index in [4.69, 9.17) is 11.6 Å². The van der Waals surface area contributed by atoms with E-state index < -0.39 is 26.5 Å². The molecule has 0 aliphatic rings. The molecule has 0 saturated heterocycles. The maximum absolute atomic E-state index is 12.4. The zero-order chi connectivity index (χ0) is 17.0. The second-order valence-electron chi connectivity index (χ2n) is 4.42. The molecule has 2 N–H and O–H groups in total. The fourth-order valence-corrected chi connectivity index (χ4v) is 2.50. The molecule has 0 unspecified atom stereocenters. The third-order valence-corrected chi connectivity index (χ3v) is 4.43. The third kappa shape index (κ3) is 4.40. The van der Waals surface area contributed by atoms with Crippen molar-refractivity contribution < 1.29 is 22.0 Å². The lowest BCUT2D eigenvalue weighted by molar-refractivity contribution is 0.234. The summed E-state index contributed by atoms with van der Waals surface area (Å²) in [5.41, 5.74) is 0.758. The first-order valence-corrected chi connectivity index (χ1v) is 8.17. The number of alkyl halides is 2. The molecule has 0 aromatic heterocycles. The van der Waals surface area contributed by atoms with Crippen molar-refractivity contribution in [3.05, 3.63) is 53.6 Å². The van der Waals surface area contributed by atoms with Crippen molar-refractivity contribution in [3.8, 4) is 0 Å². The van der Waals surface area contributed by atoms with E-state index in [1.54, 1.807) is 24.3 Å². The Morgan fingerprint density at radius 3 is 1.78 bits per heavy atom. The summed E-state index contributed by atoms with van der Waals surface area (Å²) in [6, 6.07) is 10.3. The highest BCUT2D eigenvalue weighted by molar-refractivity contribution is 7.91. The molecular formula is C14H11ClF2N2O3S. The van der Waals surface area contributed by atoms with Gasteiger partial charge in [-0.15, -0.1) is 0 Å². The van der Waals surface area contributed by atoms with Crippen molar-refractivity contribution in [2.75, 3.05) is 10.6 Å². The monoisotopic (exact) mass is 360 g/mol. The van der Waals surface area contributed by atoms with Gasteiger partial charge in [0.2, 0.25) is 9.84 Å². The molecular weight excluding hydrogens is 350 g/mol. The van der Waals surface area contributed by atoms with E-state index in [-0.39, 0.29) is 5.69 Å². The Hall–Kier alpha value is -2.19. The van der Waals surface area contributed by atoms with Crippen molar-refractivity contribution >= 4 is 38.8 Å². The van der Waals surface area contributed by atoms with Crippen molar-refractivity contribution in [1.82, 2.24) is 0 Å². The van der Waals surface area contributed by atoms with Crippen LogP contribution in [-0.4, -0.2) is 20.2 Å². The van der Waals surface area contributed by atoms with Crippen LogP contribution in [0.5, 0.6) is 0 Å². The summed E-state index contributed by atoms with van der Waals surface area (Å²) in [5, 5.41) is 5.50. The van der Waals surface area contributed by atoms with Crippen LogP contribution in [0, 0.1) is 0 Å². The molecule has 0 atom stereocenters. The van der Waals surface area contributed by atoms with Crippen LogP contribution in [0.3, 0.4) is 0 Å². The first-order chi connectivity index (χ1) is 10.8. The molecule has 2 aromatic carbocycles. The number of benzene rings is 2. The van der Waals surface area contributed by atoms with Gasteiger partial charge in [0, 0.05) is 16.4 Å². The van der Waals surface area contributed by atoms with Crippen molar-refractivity contribution in [2.24, 2.45) is 0 Å². The summed E-state index contributed by atoms with van der Waals surface area (Å²) in [6.45, 7) is 0. The maximum atomic E-state index is 12.4. The predicted octanol–water partition coefficient (Wildman–Crippen LogP) is 3.98. The minimum Gasteiger partial charge on any atom is -0.308 e. The number of nitrogens with one attached hydrogen (secondary N) is 2. The fourth-order valence-electron chi connectivity index (χ4n) is 1.66. The Labute approximate surface area is 136 Å². The van der Waals surface area contributed by atoms with Gasteiger partial charge in [0.15, 0.2) is 0 Å². The molecule has 0 aliphatic heterocycles. The smallest absolute Gasteiger partial charge is 0.308 e. The number of hydrogen-bond donors (Lipinski definition) is 2. The maximum Gasteiger partial charge on any atom is 0.341 e. The molecule has 2 amide bonds. The molecule has 0 radical (unpaired) electrons. The number of carbonyl (C=O) groups excluding carboxylic acids is 1. The average Bonchev–Trinajstić information content (AvgIpc) is 2.50. The van der Waals surface area contributed by atoms with Gasteiger partial charge in [0.05, 0.1) is 4.90 Å². The van der Waals surface area contributed by atoms with Crippen LogP contribution in [-0.2, 0) is 9.84 Å². The van der Waals surface area contributed by atoms with Crippen molar-refractivity contribution in [3.63, 3.8) is 0 Å². The summed E-state index contributed by atoms with van der Waals surface area (Å²) < 4.78 is 47.4. The van der Waals surface area contributed by atoms with Gasteiger partial charge in [-0.3, -0.25) is 0 Å². The Kier molecular flexibility index (Phi) is 5.17. The van der Waals surface area contributed by atoms with E-state index in [0.29, 0.717) is 10.7 Å². The lowest BCUT2D eigenvalue weighted by Crippen LogP contribution is -2.19. The number of rotatable bonds is 4. The summed E-state index contributed by atoms with van der Waals surface area (Å²) in [5.74, 6) is -3.49. The first kappa shape index (κ1) is 17.2. The zero-order valence-corrected chi connectivity index (χ0v) is 13.0. The minimum atomic E-state index is -4.65. The molecule has 23 heavy (non-hydrogen) atoms. The van der Waals surface area contributed by atoms with E-state index >= 15 is 0 Å². The van der Waals surface area contributed by atoms with Gasteiger partial charge in [-0.25, -0.2) is 13.2 Å². The highest BCUT2D eigenvalue weighted by Crippen LogP contribution is 2.20. The fraction of sp³-hybridized carbons (Fsp3) is 0.0714. The summed E-state index contributed by atoms with van der Waals surface area (Å²) >= 11 is 5.72. The van der Waals surface area contributed by atoms with E-state index in [9.17, 15) is 22.0 Å². The van der Waals surface area contributed by atoms with Crippen LogP contribution in [0.25, 0.3) is 0 Å². The van der Waals surface area contributed by atoms with Gasteiger partial charge in [0.25, 0.3) is 0 Å². The molecule has 0 spiro atoms. The number of carbonyl (C=O) groups is 1. The average molecular weight is 361 g/mol. The number of halogens is 3. The molecule has 0 saturated carbocycles. The Morgan fingerprint density at radius 2 is 1.35 bits per heavy atom. The second-order valence-corrected chi connectivity index (χ2v) is 6.77. The molecule has 0 fully saturated rings. The minimum absolute atomic E-state index is 0.254. The summed E-state index contributed by atoms with van der Waals surface area (Å²) in [4.78, 5) is 11.2.